The Hall–Kier alpha value is -4.17. The molecule has 2 heterocycles. The summed E-state index contributed by atoms with van der Waals surface area (Å²) in [5.74, 6) is -1.51. The van der Waals surface area contributed by atoms with Crippen molar-refractivity contribution in [3.05, 3.63) is 113 Å². The number of hydrogen-bond acceptors (Lipinski definition) is 5. The minimum absolute atomic E-state index is 0.139. The van der Waals surface area contributed by atoms with Crippen molar-refractivity contribution in [2.24, 2.45) is 5.41 Å². The van der Waals surface area contributed by atoms with Crippen LogP contribution in [0.15, 0.2) is 91.1 Å². The zero-order valence-electron chi connectivity index (χ0n) is 18.1. The third kappa shape index (κ3) is 2.99. The van der Waals surface area contributed by atoms with Gasteiger partial charge in [-0.2, -0.15) is 5.26 Å². The molecule has 0 saturated carbocycles. The molecule has 0 spiro atoms. The van der Waals surface area contributed by atoms with E-state index in [2.05, 4.69) is 6.07 Å². The van der Waals surface area contributed by atoms with Crippen molar-refractivity contribution < 1.29 is 14.3 Å². The first kappa shape index (κ1) is 20.7. The van der Waals surface area contributed by atoms with Crippen LogP contribution in [0.2, 0.25) is 0 Å². The summed E-state index contributed by atoms with van der Waals surface area (Å²) in [6.07, 6.45) is 3.78. The van der Waals surface area contributed by atoms with Crippen LogP contribution < -0.4 is 0 Å². The maximum atomic E-state index is 14.0. The lowest BCUT2D eigenvalue weighted by Gasteiger charge is -2.36. The number of ketones is 1. The van der Waals surface area contributed by atoms with E-state index in [9.17, 15) is 14.9 Å². The molecule has 2 aliphatic rings. The molecule has 1 saturated heterocycles. The molecule has 0 N–H and O–H groups in total. The van der Waals surface area contributed by atoms with Gasteiger partial charge in [0.05, 0.1) is 19.2 Å². The molecule has 3 aromatic rings. The molecule has 0 bridgehead atoms. The van der Waals surface area contributed by atoms with Gasteiger partial charge in [0, 0.05) is 17.7 Å². The Labute approximate surface area is 192 Å². The Morgan fingerprint density at radius 3 is 2.24 bits per heavy atom. The van der Waals surface area contributed by atoms with Crippen LogP contribution in [0.1, 0.15) is 39.0 Å². The number of methoxy groups -OCH3 is 1. The molecule has 5 nitrogen and oxygen atoms in total. The van der Waals surface area contributed by atoms with Crippen molar-refractivity contribution in [3.63, 3.8) is 0 Å². The fourth-order valence-electron chi connectivity index (χ4n) is 5.40. The molecule has 0 aromatic heterocycles. The van der Waals surface area contributed by atoms with Crippen molar-refractivity contribution in [1.82, 2.24) is 4.90 Å². The molecule has 3 aromatic carbocycles. The summed E-state index contributed by atoms with van der Waals surface area (Å²) in [7, 11) is 1.30. The number of carbonyl (C=O) groups excluding carboxylic acids is 2. The summed E-state index contributed by atoms with van der Waals surface area (Å²) in [4.78, 5) is 29.4. The smallest absolute Gasteiger partial charge is 0.329 e. The van der Waals surface area contributed by atoms with Crippen LogP contribution >= 0.6 is 0 Å². The van der Waals surface area contributed by atoms with Crippen molar-refractivity contribution in [2.45, 2.75) is 18.0 Å². The predicted octanol–water partition coefficient (Wildman–Crippen LogP) is 4.75. The number of benzene rings is 3. The first-order valence-corrected chi connectivity index (χ1v) is 10.8. The van der Waals surface area contributed by atoms with Crippen LogP contribution in [0.3, 0.4) is 0 Å². The van der Waals surface area contributed by atoms with Crippen LogP contribution in [0.25, 0.3) is 6.08 Å². The molecular weight excluding hydrogens is 412 g/mol. The highest BCUT2D eigenvalue weighted by molar-refractivity contribution is 6.03. The summed E-state index contributed by atoms with van der Waals surface area (Å²) in [5.41, 5.74) is 1.41. The molecule has 5 rings (SSSR count). The lowest BCUT2D eigenvalue weighted by atomic mass is 9.66. The molecule has 33 heavy (non-hydrogen) atoms. The molecule has 162 valence electrons. The third-order valence-corrected chi connectivity index (χ3v) is 6.77. The maximum absolute atomic E-state index is 14.0. The topological polar surface area (TPSA) is 70.4 Å². The Morgan fingerprint density at radius 1 is 0.939 bits per heavy atom. The van der Waals surface area contributed by atoms with E-state index in [1.165, 1.54) is 7.11 Å². The van der Waals surface area contributed by atoms with Gasteiger partial charge in [0.1, 0.15) is 6.04 Å². The Bertz CT molecular complexity index is 1280. The lowest BCUT2D eigenvalue weighted by Crippen LogP contribution is -2.41. The first-order valence-electron chi connectivity index (χ1n) is 10.8. The Morgan fingerprint density at radius 2 is 1.58 bits per heavy atom. The van der Waals surface area contributed by atoms with Gasteiger partial charge in [0.2, 0.25) is 0 Å². The van der Waals surface area contributed by atoms with Crippen molar-refractivity contribution in [3.8, 4) is 6.07 Å². The number of fused-ring (bicyclic) bond motifs is 3. The van der Waals surface area contributed by atoms with E-state index in [1.807, 2.05) is 90.0 Å². The van der Waals surface area contributed by atoms with Gasteiger partial charge in [-0.3, -0.25) is 9.59 Å². The van der Waals surface area contributed by atoms with Crippen LogP contribution in [0.5, 0.6) is 0 Å². The van der Waals surface area contributed by atoms with E-state index in [4.69, 9.17) is 4.74 Å². The van der Waals surface area contributed by atoms with Crippen molar-refractivity contribution >= 4 is 17.8 Å². The summed E-state index contributed by atoms with van der Waals surface area (Å²) in [6, 6.07) is 27.0. The second kappa shape index (κ2) is 8.07. The van der Waals surface area contributed by atoms with E-state index in [0.29, 0.717) is 5.56 Å². The van der Waals surface area contributed by atoms with E-state index >= 15 is 0 Å². The van der Waals surface area contributed by atoms with E-state index in [-0.39, 0.29) is 5.78 Å². The van der Waals surface area contributed by atoms with Gasteiger partial charge in [0.25, 0.3) is 0 Å². The highest BCUT2D eigenvalue weighted by atomic mass is 16.5. The quantitative estimate of drug-likeness (QED) is 0.438. The standard InChI is InChI=1S/C28H22N2O3/c1-33-27(32)28(18-29)23(20-11-4-2-5-12-20)24(25(31)21-13-6-3-7-14-21)30-17-16-19-10-8-9-15-22(19)26(28)30/h2-17,23-24,26H,1H3. The number of Topliss-reactive ketones (excluding diaryl/α,β-unsaturated/α-hetero) is 1. The van der Waals surface area contributed by atoms with E-state index < -0.39 is 29.4 Å². The number of ether oxygens (including phenoxy) is 1. The highest BCUT2D eigenvalue weighted by Gasteiger charge is 2.67. The Balaban J connectivity index is 1.81. The lowest BCUT2D eigenvalue weighted by molar-refractivity contribution is -0.151. The number of hydrogen-bond donors (Lipinski definition) is 0. The monoisotopic (exact) mass is 434 g/mol. The fraction of sp³-hybridized carbons (Fsp3) is 0.179. The van der Waals surface area contributed by atoms with Gasteiger partial charge in [-0.15, -0.1) is 0 Å². The molecule has 2 aliphatic heterocycles. The average Bonchev–Trinajstić information content (AvgIpc) is 3.20. The first-order chi connectivity index (χ1) is 16.1. The fourth-order valence-corrected chi connectivity index (χ4v) is 5.40. The van der Waals surface area contributed by atoms with Crippen LogP contribution in [-0.4, -0.2) is 29.8 Å². The minimum Gasteiger partial charge on any atom is -0.468 e. The predicted molar refractivity (Wildman–Crippen MR) is 124 cm³/mol. The highest BCUT2D eigenvalue weighted by Crippen LogP contribution is 2.60. The number of carbonyl (C=O) groups is 2. The molecule has 0 amide bonds. The van der Waals surface area contributed by atoms with Gasteiger partial charge in [-0.25, -0.2) is 0 Å². The second-order valence-corrected chi connectivity index (χ2v) is 8.33. The summed E-state index contributed by atoms with van der Waals surface area (Å²) >= 11 is 0. The van der Waals surface area contributed by atoms with Gasteiger partial charge in [0.15, 0.2) is 11.2 Å². The van der Waals surface area contributed by atoms with Crippen LogP contribution in [-0.2, 0) is 9.53 Å². The van der Waals surface area contributed by atoms with E-state index in [0.717, 1.165) is 16.7 Å². The molecule has 0 radical (unpaired) electrons. The minimum atomic E-state index is -1.62. The SMILES string of the molecule is COC(=O)C1(C#N)C(c2ccccc2)C(C(=O)c2ccccc2)N2C=Cc3ccccc3C21. The molecule has 5 heteroatoms. The summed E-state index contributed by atoms with van der Waals surface area (Å²) < 4.78 is 5.25. The van der Waals surface area contributed by atoms with Crippen molar-refractivity contribution in [2.75, 3.05) is 7.11 Å². The molecule has 4 atom stereocenters. The number of nitrogens with zero attached hydrogens (tertiary/aromatic N) is 2. The normalized spacial score (nSPS) is 25.0. The van der Waals surface area contributed by atoms with Crippen LogP contribution in [0, 0.1) is 16.7 Å². The zero-order valence-corrected chi connectivity index (χ0v) is 18.1. The van der Waals surface area contributed by atoms with Gasteiger partial charge in [-0.05, 0) is 22.8 Å². The van der Waals surface area contributed by atoms with Gasteiger partial charge in [-0.1, -0.05) is 84.9 Å². The average molecular weight is 434 g/mol. The Kier molecular flexibility index (Phi) is 5.07. The third-order valence-electron chi connectivity index (χ3n) is 6.77. The molecule has 0 aliphatic carbocycles. The second-order valence-electron chi connectivity index (χ2n) is 8.33. The number of nitriles is 1. The van der Waals surface area contributed by atoms with Crippen molar-refractivity contribution in [1.29, 1.82) is 5.26 Å². The molecule has 4 unspecified atom stereocenters. The zero-order chi connectivity index (χ0) is 23.0. The largest absolute Gasteiger partial charge is 0.468 e. The van der Waals surface area contributed by atoms with E-state index in [1.54, 1.807) is 12.1 Å². The maximum Gasteiger partial charge on any atom is 0.329 e. The number of rotatable bonds is 4. The van der Waals surface area contributed by atoms with Crippen LogP contribution in [0.4, 0.5) is 0 Å². The molecule has 1 fully saturated rings. The van der Waals surface area contributed by atoms with Gasteiger partial charge >= 0.3 is 5.97 Å². The summed E-state index contributed by atoms with van der Waals surface area (Å²) in [6.45, 7) is 0. The molecular formula is C28H22N2O3. The number of esters is 1. The summed E-state index contributed by atoms with van der Waals surface area (Å²) in [5, 5.41) is 10.7. The van der Waals surface area contributed by atoms with Gasteiger partial charge < -0.3 is 9.64 Å².